The number of hydrogen-bond donors (Lipinski definition) is 2. The zero-order valence-electron chi connectivity index (χ0n) is 18.4. The summed E-state index contributed by atoms with van der Waals surface area (Å²) < 4.78 is 1.64. The van der Waals surface area contributed by atoms with Crippen molar-refractivity contribution >= 4 is 5.97 Å². The van der Waals surface area contributed by atoms with E-state index < -0.39 is 5.97 Å². The van der Waals surface area contributed by atoms with Crippen LogP contribution in [0.4, 0.5) is 0 Å². The molecular formula is C24H26N6O2. The molecule has 0 bridgehead atoms. The van der Waals surface area contributed by atoms with Crippen molar-refractivity contribution in [2.24, 2.45) is 0 Å². The summed E-state index contributed by atoms with van der Waals surface area (Å²) >= 11 is 0. The Morgan fingerprint density at radius 1 is 1.09 bits per heavy atom. The lowest BCUT2D eigenvalue weighted by molar-refractivity contribution is 0.0680. The molecule has 4 aromatic rings. The second kappa shape index (κ2) is 9.13. The lowest BCUT2D eigenvalue weighted by Gasteiger charge is -2.10. The van der Waals surface area contributed by atoms with Crippen LogP contribution in [0.25, 0.3) is 22.5 Å². The van der Waals surface area contributed by atoms with Gasteiger partial charge in [0.15, 0.2) is 0 Å². The number of carboxylic acid groups (broad SMARTS) is 1. The molecule has 32 heavy (non-hydrogen) atoms. The van der Waals surface area contributed by atoms with Gasteiger partial charge in [0, 0.05) is 23.6 Å². The van der Waals surface area contributed by atoms with Crippen molar-refractivity contribution in [3.05, 3.63) is 71.0 Å². The average molecular weight is 431 g/mol. The first-order valence-corrected chi connectivity index (χ1v) is 10.7. The van der Waals surface area contributed by atoms with Crippen LogP contribution in [-0.2, 0) is 12.8 Å². The molecule has 8 nitrogen and oxygen atoms in total. The van der Waals surface area contributed by atoms with Gasteiger partial charge in [0.2, 0.25) is 5.82 Å². The summed E-state index contributed by atoms with van der Waals surface area (Å²) in [7, 11) is 0. The minimum Gasteiger partial charge on any atom is -0.477 e. The fourth-order valence-electron chi connectivity index (χ4n) is 3.95. The van der Waals surface area contributed by atoms with Crippen LogP contribution in [0, 0.1) is 0 Å². The second-order valence-electron chi connectivity index (χ2n) is 8.02. The van der Waals surface area contributed by atoms with E-state index in [4.69, 9.17) is 0 Å². The van der Waals surface area contributed by atoms with Crippen LogP contribution in [0.1, 0.15) is 60.5 Å². The molecule has 0 saturated heterocycles. The zero-order valence-corrected chi connectivity index (χ0v) is 18.4. The summed E-state index contributed by atoms with van der Waals surface area (Å²) in [6, 6.07) is 16.0. The Labute approximate surface area is 186 Å². The minimum absolute atomic E-state index is 0.0190. The van der Waals surface area contributed by atoms with E-state index in [-0.39, 0.29) is 11.7 Å². The predicted octanol–water partition coefficient (Wildman–Crippen LogP) is 4.55. The number of rotatable bonds is 8. The molecule has 2 aromatic heterocycles. The molecule has 0 radical (unpaired) electrons. The van der Waals surface area contributed by atoms with Gasteiger partial charge in [-0.15, -0.1) is 10.2 Å². The third-order valence-electron chi connectivity index (χ3n) is 5.43. The fourth-order valence-corrected chi connectivity index (χ4v) is 3.95. The lowest BCUT2D eigenvalue weighted by Crippen LogP contribution is -2.13. The topological polar surface area (TPSA) is 110 Å². The predicted molar refractivity (Wildman–Crippen MR) is 121 cm³/mol. The van der Waals surface area contributed by atoms with E-state index in [1.54, 1.807) is 4.68 Å². The maximum absolute atomic E-state index is 12.1. The largest absolute Gasteiger partial charge is 0.477 e. The Kier molecular flexibility index (Phi) is 6.11. The highest BCUT2D eigenvalue weighted by Gasteiger charge is 2.24. The van der Waals surface area contributed by atoms with E-state index in [1.807, 2.05) is 62.4 Å². The first kappa shape index (κ1) is 21.4. The molecule has 0 spiro atoms. The lowest BCUT2D eigenvalue weighted by atomic mass is 9.95. The number of tetrazole rings is 1. The van der Waals surface area contributed by atoms with Crippen LogP contribution in [-0.4, -0.2) is 41.5 Å². The van der Waals surface area contributed by atoms with Gasteiger partial charge in [-0.3, -0.25) is 4.68 Å². The van der Waals surface area contributed by atoms with Gasteiger partial charge in [-0.05, 0) is 42.2 Å². The second-order valence-corrected chi connectivity index (χ2v) is 8.02. The molecule has 0 fully saturated rings. The SMILES string of the molecule is CCCc1nn(C(C)C)c(C(=O)O)c1Cc1ccc(-c2ccccc2-c2nn[nH]n2)cc1. The van der Waals surface area contributed by atoms with Gasteiger partial charge >= 0.3 is 5.97 Å². The number of benzene rings is 2. The molecule has 0 amide bonds. The quantitative estimate of drug-likeness (QED) is 0.424. The van der Waals surface area contributed by atoms with Crippen molar-refractivity contribution in [3.8, 4) is 22.5 Å². The zero-order chi connectivity index (χ0) is 22.7. The minimum atomic E-state index is -0.936. The van der Waals surface area contributed by atoms with Gasteiger partial charge in [-0.25, -0.2) is 4.79 Å². The van der Waals surface area contributed by atoms with Crippen LogP contribution >= 0.6 is 0 Å². The molecule has 0 aliphatic rings. The number of aromatic carboxylic acids is 1. The first-order valence-electron chi connectivity index (χ1n) is 10.7. The Morgan fingerprint density at radius 2 is 1.81 bits per heavy atom. The highest BCUT2D eigenvalue weighted by molar-refractivity contribution is 5.88. The number of aromatic amines is 1. The number of carboxylic acids is 1. The van der Waals surface area contributed by atoms with Crippen molar-refractivity contribution in [2.45, 2.75) is 46.1 Å². The number of H-pyrrole nitrogens is 1. The van der Waals surface area contributed by atoms with E-state index in [2.05, 4.69) is 32.6 Å². The molecule has 0 aliphatic heterocycles. The molecular weight excluding hydrogens is 404 g/mol. The smallest absolute Gasteiger partial charge is 0.354 e. The summed E-state index contributed by atoms with van der Waals surface area (Å²) in [5, 5.41) is 28.9. The van der Waals surface area contributed by atoms with Gasteiger partial charge in [-0.1, -0.05) is 61.9 Å². The van der Waals surface area contributed by atoms with Crippen molar-refractivity contribution in [3.63, 3.8) is 0 Å². The Hall–Kier alpha value is -3.81. The number of hydrogen-bond acceptors (Lipinski definition) is 5. The van der Waals surface area contributed by atoms with Gasteiger partial charge < -0.3 is 5.11 Å². The fraction of sp³-hybridized carbons (Fsp3) is 0.292. The molecule has 2 heterocycles. The molecule has 4 rings (SSSR count). The number of aryl methyl sites for hydroxylation is 1. The van der Waals surface area contributed by atoms with Gasteiger partial charge in [0.25, 0.3) is 0 Å². The van der Waals surface area contributed by atoms with Crippen molar-refractivity contribution < 1.29 is 9.90 Å². The maximum atomic E-state index is 12.1. The number of nitrogens with one attached hydrogen (secondary N) is 1. The third-order valence-corrected chi connectivity index (χ3v) is 5.43. The number of aromatic nitrogens is 6. The molecule has 0 atom stereocenters. The normalized spacial score (nSPS) is 11.2. The Morgan fingerprint density at radius 3 is 2.41 bits per heavy atom. The highest BCUT2D eigenvalue weighted by atomic mass is 16.4. The van der Waals surface area contributed by atoms with E-state index in [0.717, 1.165) is 46.4 Å². The van der Waals surface area contributed by atoms with Crippen LogP contribution in [0.15, 0.2) is 48.5 Å². The van der Waals surface area contributed by atoms with Gasteiger partial charge in [0.1, 0.15) is 5.69 Å². The average Bonchev–Trinajstić information content (AvgIpc) is 3.44. The van der Waals surface area contributed by atoms with E-state index >= 15 is 0 Å². The van der Waals surface area contributed by atoms with Gasteiger partial charge in [0.05, 0.1) is 5.69 Å². The summed E-state index contributed by atoms with van der Waals surface area (Å²) in [6.45, 7) is 5.98. The Bertz CT molecular complexity index is 1210. The van der Waals surface area contributed by atoms with Crippen molar-refractivity contribution in [1.82, 2.24) is 30.4 Å². The van der Waals surface area contributed by atoms with Crippen molar-refractivity contribution in [1.29, 1.82) is 0 Å². The molecule has 0 unspecified atom stereocenters. The molecule has 2 N–H and O–H groups in total. The van der Waals surface area contributed by atoms with Crippen LogP contribution in [0.2, 0.25) is 0 Å². The van der Waals surface area contributed by atoms with E-state index in [0.29, 0.717) is 12.2 Å². The summed E-state index contributed by atoms with van der Waals surface area (Å²) in [5.74, 6) is -0.393. The molecule has 0 saturated carbocycles. The number of carbonyl (C=O) groups is 1. The summed E-state index contributed by atoms with van der Waals surface area (Å²) in [5.41, 5.74) is 5.91. The molecule has 8 heteroatoms. The third kappa shape index (κ3) is 4.16. The van der Waals surface area contributed by atoms with Gasteiger partial charge in [-0.2, -0.15) is 10.3 Å². The first-order chi connectivity index (χ1) is 15.5. The Balaban J connectivity index is 1.68. The standard InChI is InChI=1S/C24H26N6O2/c1-4-7-21-20(22(24(31)32)30(27-21)15(2)3)14-16-10-12-17(13-11-16)18-8-5-6-9-19(18)23-25-28-29-26-23/h5-6,8-13,15H,4,7,14H2,1-3H3,(H,31,32)(H,25,26,28,29). The molecule has 0 aliphatic carbocycles. The number of nitrogens with zero attached hydrogens (tertiary/aromatic N) is 5. The van der Waals surface area contributed by atoms with Crippen molar-refractivity contribution in [2.75, 3.05) is 0 Å². The van der Waals surface area contributed by atoms with Crippen LogP contribution < -0.4 is 0 Å². The summed E-state index contributed by atoms with van der Waals surface area (Å²) in [6.07, 6.45) is 2.19. The van der Waals surface area contributed by atoms with E-state index in [9.17, 15) is 9.90 Å². The highest BCUT2D eigenvalue weighted by Crippen LogP contribution is 2.30. The summed E-state index contributed by atoms with van der Waals surface area (Å²) in [4.78, 5) is 12.1. The molecule has 164 valence electrons. The van der Waals surface area contributed by atoms with Crippen LogP contribution in [0.3, 0.4) is 0 Å². The molecule has 2 aromatic carbocycles. The maximum Gasteiger partial charge on any atom is 0.354 e. The van der Waals surface area contributed by atoms with Crippen LogP contribution in [0.5, 0.6) is 0 Å². The van der Waals surface area contributed by atoms with E-state index in [1.165, 1.54) is 0 Å². The monoisotopic (exact) mass is 430 g/mol.